The maximum absolute atomic E-state index is 12.9. The number of carbonyl (C=O) groups is 3. The number of rotatable bonds is 6. The number of furan rings is 1. The Balaban J connectivity index is 1.53. The van der Waals surface area contributed by atoms with Gasteiger partial charge >= 0.3 is 12.0 Å². The first-order chi connectivity index (χ1) is 16.0. The minimum absolute atomic E-state index is 0.149. The molecule has 2 aliphatic heterocycles. The zero-order chi connectivity index (χ0) is 23.4. The standard InChI is InChI=1S/C23H25ClN4O5/c1-2-32-22(30)19-17(25-23(31)26-20(19)15-5-7-16(24)8-6-15)14-27-9-11-28(12-10-27)21(29)18-4-3-13-33-18/h3-8,13,20H,2,9-12,14H2,1H3,(H2,25,26,31)/t20-/m1/s1. The maximum Gasteiger partial charge on any atom is 0.338 e. The molecule has 2 aromatic rings. The Kier molecular flexibility index (Phi) is 7.00. The van der Waals surface area contributed by atoms with Crippen LogP contribution in [-0.4, -0.2) is 67.0 Å². The van der Waals surface area contributed by atoms with Crippen LogP contribution in [0.3, 0.4) is 0 Å². The lowest BCUT2D eigenvalue weighted by atomic mass is 9.95. The first-order valence-electron chi connectivity index (χ1n) is 10.7. The van der Waals surface area contributed by atoms with Gasteiger partial charge in [0.15, 0.2) is 5.76 Å². The van der Waals surface area contributed by atoms with Gasteiger partial charge in [-0.3, -0.25) is 9.69 Å². The van der Waals surface area contributed by atoms with Gasteiger partial charge < -0.3 is 24.7 Å². The van der Waals surface area contributed by atoms with Crippen LogP contribution in [0.4, 0.5) is 4.79 Å². The molecule has 1 fully saturated rings. The molecule has 0 radical (unpaired) electrons. The lowest BCUT2D eigenvalue weighted by molar-refractivity contribution is -0.139. The molecule has 10 heteroatoms. The van der Waals surface area contributed by atoms with E-state index in [2.05, 4.69) is 15.5 Å². The summed E-state index contributed by atoms with van der Waals surface area (Å²) in [6.07, 6.45) is 1.48. The van der Waals surface area contributed by atoms with Gasteiger partial charge in [0.2, 0.25) is 0 Å². The van der Waals surface area contributed by atoms with Crippen molar-refractivity contribution in [3.05, 3.63) is 70.3 Å². The second kappa shape index (κ2) is 10.1. The minimum atomic E-state index is -0.660. The first kappa shape index (κ1) is 22.9. The molecule has 0 spiro atoms. The summed E-state index contributed by atoms with van der Waals surface area (Å²) in [7, 11) is 0. The number of nitrogens with zero attached hydrogens (tertiary/aromatic N) is 2. The van der Waals surface area contributed by atoms with Gasteiger partial charge in [-0.1, -0.05) is 23.7 Å². The van der Waals surface area contributed by atoms with E-state index in [9.17, 15) is 14.4 Å². The molecule has 1 saturated heterocycles. The van der Waals surface area contributed by atoms with Gasteiger partial charge in [-0.25, -0.2) is 9.59 Å². The SMILES string of the molecule is CCOC(=O)C1=C(CN2CCN(C(=O)c3ccco3)CC2)NC(=O)N[C@@H]1c1ccc(Cl)cc1. The molecule has 0 aliphatic carbocycles. The summed E-state index contributed by atoms with van der Waals surface area (Å²) >= 11 is 6.01. The van der Waals surface area contributed by atoms with Gasteiger partial charge in [0.05, 0.1) is 24.5 Å². The summed E-state index contributed by atoms with van der Waals surface area (Å²) < 4.78 is 10.5. The fourth-order valence-electron chi connectivity index (χ4n) is 3.99. The Morgan fingerprint density at radius 3 is 2.52 bits per heavy atom. The van der Waals surface area contributed by atoms with Crippen molar-refractivity contribution < 1.29 is 23.5 Å². The number of urea groups is 1. The van der Waals surface area contributed by atoms with E-state index in [1.807, 2.05) is 0 Å². The molecule has 1 aromatic heterocycles. The lowest BCUT2D eigenvalue weighted by Crippen LogP contribution is -2.52. The summed E-state index contributed by atoms with van der Waals surface area (Å²) in [4.78, 5) is 41.7. The van der Waals surface area contributed by atoms with Crippen LogP contribution >= 0.6 is 11.6 Å². The number of carbonyl (C=O) groups excluding carboxylic acids is 3. The number of hydrogen-bond acceptors (Lipinski definition) is 6. The van der Waals surface area contributed by atoms with Gasteiger partial charge in [-0.05, 0) is 36.8 Å². The number of piperazine rings is 1. The summed E-state index contributed by atoms with van der Waals surface area (Å²) in [6, 6.07) is 9.24. The normalized spacial score (nSPS) is 19.2. The molecule has 0 saturated carbocycles. The topological polar surface area (TPSA) is 104 Å². The lowest BCUT2D eigenvalue weighted by Gasteiger charge is -2.36. The Hall–Kier alpha value is -3.30. The van der Waals surface area contributed by atoms with Gasteiger partial charge in [0.1, 0.15) is 0 Å². The summed E-state index contributed by atoms with van der Waals surface area (Å²) in [5, 5.41) is 6.16. The van der Waals surface area contributed by atoms with E-state index in [1.165, 1.54) is 6.26 Å². The van der Waals surface area contributed by atoms with E-state index in [0.717, 1.165) is 5.56 Å². The van der Waals surface area contributed by atoms with Crippen LogP contribution in [0.2, 0.25) is 5.02 Å². The minimum Gasteiger partial charge on any atom is -0.463 e. The van der Waals surface area contributed by atoms with Gasteiger partial charge in [-0.15, -0.1) is 0 Å². The maximum atomic E-state index is 12.9. The Bertz CT molecular complexity index is 1040. The van der Waals surface area contributed by atoms with Gasteiger partial charge in [0, 0.05) is 43.4 Å². The van der Waals surface area contributed by atoms with Crippen molar-refractivity contribution in [2.75, 3.05) is 39.3 Å². The van der Waals surface area contributed by atoms with Crippen LogP contribution in [0.5, 0.6) is 0 Å². The number of hydrogen-bond donors (Lipinski definition) is 2. The van der Waals surface area contributed by atoms with Crippen molar-refractivity contribution in [1.82, 2.24) is 20.4 Å². The quantitative estimate of drug-likeness (QED) is 0.626. The van der Waals surface area contributed by atoms with Crippen LogP contribution in [0.1, 0.15) is 29.1 Å². The number of benzene rings is 1. The molecule has 3 heterocycles. The second-order valence-corrected chi connectivity index (χ2v) is 8.18. The molecule has 1 atom stereocenters. The van der Waals surface area contributed by atoms with Crippen molar-refractivity contribution >= 4 is 29.5 Å². The van der Waals surface area contributed by atoms with Crippen LogP contribution in [0, 0.1) is 0 Å². The second-order valence-electron chi connectivity index (χ2n) is 7.74. The molecule has 1 aromatic carbocycles. The van der Waals surface area contributed by atoms with E-state index >= 15 is 0 Å². The highest BCUT2D eigenvalue weighted by Crippen LogP contribution is 2.29. The zero-order valence-corrected chi connectivity index (χ0v) is 18.9. The Morgan fingerprint density at radius 2 is 1.88 bits per heavy atom. The average Bonchev–Trinajstić information content (AvgIpc) is 3.34. The van der Waals surface area contributed by atoms with Crippen LogP contribution in [0.25, 0.3) is 0 Å². The highest BCUT2D eigenvalue weighted by atomic mass is 35.5. The number of esters is 1. The van der Waals surface area contributed by atoms with E-state index in [1.54, 1.807) is 48.2 Å². The fourth-order valence-corrected chi connectivity index (χ4v) is 4.11. The van der Waals surface area contributed by atoms with E-state index in [4.69, 9.17) is 20.8 Å². The predicted molar refractivity (Wildman–Crippen MR) is 121 cm³/mol. The number of ether oxygens (including phenoxy) is 1. The van der Waals surface area contributed by atoms with Crippen LogP contribution < -0.4 is 10.6 Å². The zero-order valence-electron chi connectivity index (χ0n) is 18.2. The van der Waals surface area contributed by atoms with Crippen molar-refractivity contribution in [2.45, 2.75) is 13.0 Å². The molecule has 2 aliphatic rings. The number of halogens is 1. The highest BCUT2D eigenvalue weighted by Gasteiger charge is 2.35. The molecule has 4 rings (SSSR count). The van der Waals surface area contributed by atoms with E-state index in [0.29, 0.717) is 54.8 Å². The molecular formula is C23H25ClN4O5. The van der Waals surface area contributed by atoms with E-state index in [-0.39, 0.29) is 12.5 Å². The fraction of sp³-hybridized carbons (Fsp3) is 0.348. The van der Waals surface area contributed by atoms with Crippen LogP contribution in [0.15, 0.2) is 58.3 Å². The molecule has 2 N–H and O–H groups in total. The average molecular weight is 473 g/mol. The third-order valence-electron chi connectivity index (χ3n) is 5.63. The summed E-state index contributed by atoms with van der Waals surface area (Å²) in [6.45, 7) is 4.48. The first-order valence-corrected chi connectivity index (χ1v) is 11.1. The highest BCUT2D eigenvalue weighted by molar-refractivity contribution is 6.30. The van der Waals surface area contributed by atoms with Crippen molar-refractivity contribution in [2.24, 2.45) is 0 Å². The van der Waals surface area contributed by atoms with Gasteiger partial charge in [-0.2, -0.15) is 0 Å². The Labute approximate surface area is 196 Å². The van der Waals surface area contributed by atoms with E-state index < -0.39 is 18.0 Å². The van der Waals surface area contributed by atoms with Crippen molar-refractivity contribution in [3.8, 4) is 0 Å². The third-order valence-corrected chi connectivity index (χ3v) is 5.88. The Morgan fingerprint density at radius 1 is 1.15 bits per heavy atom. The summed E-state index contributed by atoms with van der Waals surface area (Å²) in [5.74, 6) is -0.331. The molecule has 0 bridgehead atoms. The molecule has 0 unspecified atom stereocenters. The predicted octanol–water partition coefficient (Wildman–Crippen LogP) is 2.56. The summed E-state index contributed by atoms with van der Waals surface area (Å²) in [5.41, 5.74) is 1.57. The number of nitrogens with one attached hydrogen (secondary N) is 2. The molecule has 3 amide bonds. The van der Waals surface area contributed by atoms with Crippen molar-refractivity contribution in [1.29, 1.82) is 0 Å². The molecule has 174 valence electrons. The molecule has 9 nitrogen and oxygen atoms in total. The monoisotopic (exact) mass is 472 g/mol. The number of amides is 3. The molecule has 33 heavy (non-hydrogen) atoms. The largest absolute Gasteiger partial charge is 0.463 e. The van der Waals surface area contributed by atoms with Gasteiger partial charge in [0.25, 0.3) is 5.91 Å². The van der Waals surface area contributed by atoms with Crippen LogP contribution in [-0.2, 0) is 9.53 Å². The third kappa shape index (κ3) is 5.20. The molecular weight excluding hydrogens is 448 g/mol. The smallest absolute Gasteiger partial charge is 0.338 e. The van der Waals surface area contributed by atoms with Crippen molar-refractivity contribution in [3.63, 3.8) is 0 Å².